The van der Waals surface area contributed by atoms with Gasteiger partial charge in [-0.1, -0.05) is 0 Å². The van der Waals surface area contributed by atoms with Crippen LogP contribution in [-0.2, 0) is 12.8 Å². The molecule has 0 aliphatic heterocycles. The van der Waals surface area contributed by atoms with Gasteiger partial charge in [0.2, 0.25) is 0 Å². The first-order valence-electron chi connectivity index (χ1n) is 7.81. The Labute approximate surface area is 149 Å². The van der Waals surface area contributed by atoms with Crippen LogP contribution in [-0.4, -0.2) is 33.0 Å². The minimum absolute atomic E-state index is 0.807. The first-order chi connectivity index (χ1) is 11.7. The summed E-state index contributed by atoms with van der Waals surface area (Å²) >= 11 is 3.47. The van der Waals surface area contributed by atoms with E-state index >= 15 is 0 Å². The van der Waals surface area contributed by atoms with Crippen LogP contribution in [0.1, 0.15) is 19.8 Å². The van der Waals surface area contributed by atoms with Crippen molar-refractivity contribution in [1.82, 2.24) is 19.9 Å². The summed E-state index contributed by atoms with van der Waals surface area (Å²) in [5.41, 5.74) is 0. The first-order valence-corrected chi connectivity index (χ1v) is 9.45. The summed E-state index contributed by atoms with van der Waals surface area (Å²) in [7, 11) is 0. The van der Waals surface area contributed by atoms with Crippen molar-refractivity contribution in [1.29, 1.82) is 0 Å². The van der Waals surface area contributed by atoms with Crippen molar-refractivity contribution in [3.63, 3.8) is 0 Å². The van der Waals surface area contributed by atoms with Crippen LogP contribution in [0.15, 0.2) is 24.8 Å². The highest BCUT2D eigenvalue weighted by Gasteiger charge is 2.02. The zero-order valence-corrected chi connectivity index (χ0v) is 15.4. The molecule has 0 bridgehead atoms. The second kappa shape index (κ2) is 8.16. The van der Waals surface area contributed by atoms with E-state index in [0.29, 0.717) is 0 Å². The van der Waals surface area contributed by atoms with Gasteiger partial charge in [-0.25, -0.2) is 19.9 Å². The predicted octanol–water partition coefficient (Wildman–Crippen LogP) is 3.32. The number of aryl methyl sites for hydroxylation is 2. The summed E-state index contributed by atoms with van der Waals surface area (Å²) in [4.78, 5) is 19.7. The van der Waals surface area contributed by atoms with Crippen molar-refractivity contribution in [2.45, 2.75) is 26.7 Å². The number of hydrogen-bond acceptors (Lipinski definition) is 8. The van der Waals surface area contributed by atoms with E-state index in [1.54, 1.807) is 29.0 Å². The number of aromatic nitrogens is 4. The zero-order valence-electron chi connectivity index (χ0n) is 13.7. The van der Waals surface area contributed by atoms with E-state index < -0.39 is 0 Å². The Balaban J connectivity index is 1.44. The lowest BCUT2D eigenvalue weighted by Gasteiger charge is -2.07. The molecule has 3 aromatic rings. The van der Waals surface area contributed by atoms with E-state index in [2.05, 4.69) is 44.4 Å². The van der Waals surface area contributed by atoms with Gasteiger partial charge in [-0.15, -0.1) is 22.7 Å². The molecular formula is C16H20N6S2. The lowest BCUT2D eigenvalue weighted by atomic mass is 10.4. The maximum absolute atomic E-state index is 4.36. The molecule has 3 aromatic heterocycles. The van der Waals surface area contributed by atoms with Crippen molar-refractivity contribution < 1.29 is 0 Å². The van der Waals surface area contributed by atoms with Crippen LogP contribution in [0.4, 0.5) is 11.6 Å². The summed E-state index contributed by atoms with van der Waals surface area (Å²) in [6.07, 6.45) is 7.20. The van der Waals surface area contributed by atoms with Gasteiger partial charge in [0.25, 0.3) is 0 Å². The van der Waals surface area contributed by atoms with Crippen molar-refractivity contribution in [3.05, 3.63) is 44.6 Å². The summed E-state index contributed by atoms with van der Waals surface area (Å²) in [6, 6.07) is 1.93. The average molecular weight is 361 g/mol. The Hall–Kier alpha value is -2.06. The van der Waals surface area contributed by atoms with E-state index in [0.717, 1.165) is 47.6 Å². The van der Waals surface area contributed by atoms with E-state index in [-0.39, 0.29) is 0 Å². The molecule has 3 rings (SSSR count). The number of hydrogen-bond donors (Lipinski definition) is 2. The normalized spacial score (nSPS) is 10.8. The van der Waals surface area contributed by atoms with Crippen LogP contribution in [0, 0.1) is 13.8 Å². The Kier molecular flexibility index (Phi) is 5.71. The molecule has 0 atom stereocenters. The van der Waals surface area contributed by atoms with Gasteiger partial charge < -0.3 is 10.6 Å². The van der Waals surface area contributed by atoms with Crippen LogP contribution >= 0.6 is 22.7 Å². The Bertz CT molecular complexity index is 721. The molecule has 6 nitrogen and oxygen atoms in total. The molecule has 0 saturated carbocycles. The van der Waals surface area contributed by atoms with Crippen LogP contribution in [0.5, 0.6) is 0 Å². The molecule has 24 heavy (non-hydrogen) atoms. The standard InChI is InChI=1S/C16H20N6S2/c1-11-8-19-15(23-11)3-5-17-13-7-14(22-10-21-13)18-6-4-16-20-9-12(2)24-16/h7-10H,3-6H2,1-2H3,(H2,17,18,21,22). The van der Waals surface area contributed by atoms with Gasteiger partial charge in [0.1, 0.15) is 18.0 Å². The number of nitrogens with zero attached hydrogens (tertiary/aromatic N) is 4. The largest absolute Gasteiger partial charge is 0.369 e. The third-order valence-electron chi connectivity index (χ3n) is 3.30. The lowest BCUT2D eigenvalue weighted by Crippen LogP contribution is -2.09. The summed E-state index contributed by atoms with van der Waals surface area (Å²) in [6.45, 7) is 5.76. The van der Waals surface area contributed by atoms with Crippen LogP contribution in [0.2, 0.25) is 0 Å². The van der Waals surface area contributed by atoms with E-state index in [1.807, 2.05) is 18.5 Å². The number of rotatable bonds is 8. The molecule has 0 fully saturated rings. The highest BCUT2D eigenvalue weighted by atomic mass is 32.1. The van der Waals surface area contributed by atoms with Crippen LogP contribution in [0.25, 0.3) is 0 Å². The summed E-state index contributed by atoms with van der Waals surface area (Å²) in [5.74, 6) is 1.65. The van der Waals surface area contributed by atoms with Gasteiger partial charge in [-0.3, -0.25) is 0 Å². The molecule has 0 radical (unpaired) electrons. The molecule has 2 N–H and O–H groups in total. The molecule has 0 amide bonds. The van der Waals surface area contributed by atoms with Gasteiger partial charge >= 0.3 is 0 Å². The third kappa shape index (κ3) is 4.97. The third-order valence-corrected chi connectivity index (χ3v) is 5.24. The van der Waals surface area contributed by atoms with E-state index in [9.17, 15) is 0 Å². The molecule has 8 heteroatoms. The minimum Gasteiger partial charge on any atom is -0.369 e. The maximum atomic E-state index is 4.36. The fraction of sp³-hybridized carbons (Fsp3) is 0.375. The second-order valence-electron chi connectivity index (χ2n) is 5.37. The average Bonchev–Trinajstić information content (AvgIpc) is 3.16. The molecule has 0 aliphatic rings. The van der Waals surface area contributed by atoms with Crippen LogP contribution in [0.3, 0.4) is 0 Å². The minimum atomic E-state index is 0.807. The van der Waals surface area contributed by atoms with Gasteiger partial charge in [-0.05, 0) is 13.8 Å². The fourth-order valence-corrected chi connectivity index (χ4v) is 3.75. The molecule has 0 aliphatic carbocycles. The van der Waals surface area contributed by atoms with Gasteiger partial charge in [0.05, 0.1) is 10.0 Å². The maximum Gasteiger partial charge on any atom is 0.131 e. The fourth-order valence-electron chi connectivity index (χ4n) is 2.18. The summed E-state index contributed by atoms with van der Waals surface area (Å²) in [5, 5.41) is 8.93. The zero-order chi connectivity index (χ0) is 16.8. The molecule has 0 spiro atoms. The molecule has 0 saturated heterocycles. The Morgan fingerprint density at radius 1 is 0.792 bits per heavy atom. The van der Waals surface area contributed by atoms with Crippen molar-refractivity contribution in [2.75, 3.05) is 23.7 Å². The SMILES string of the molecule is Cc1cnc(CCNc2cc(NCCc3ncc(C)s3)ncn2)s1. The highest BCUT2D eigenvalue weighted by Crippen LogP contribution is 2.14. The summed E-state index contributed by atoms with van der Waals surface area (Å²) < 4.78 is 0. The number of thiazole rings is 2. The monoisotopic (exact) mass is 360 g/mol. The lowest BCUT2D eigenvalue weighted by molar-refractivity contribution is 0.968. The van der Waals surface area contributed by atoms with Gasteiger partial charge in [0.15, 0.2) is 0 Å². The molecule has 3 heterocycles. The molecule has 0 unspecified atom stereocenters. The van der Waals surface area contributed by atoms with Gasteiger partial charge in [-0.2, -0.15) is 0 Å². The van der Waals surface area contributed by atoms with Gasteiger partial charge in [0, 0.05) is 54.1 Å². The van der Waals surface area contributed by atoms with Crippen molar-refractivity contribution in [3.8, 4) is 0 Å². The van der Waals surface area contributed by atoms with Crippen molar-refractivity contribution in [2.24, 2.45) is 0 Å². The first kappa shape index (κ1) is 16.8. The molecule has 0 aromatic carbocycles. The Morgan fingerprint density at radius 3 is 1.71 bits per heavy atom. The van der Waals surface area contributed by atoms with Crippen LogP contribution < -0.4 is 10.6 Å². The topological polar surface area (TPSA) is 75.6 Å². The van der Waals surface area contributed by atoms with E-state index in [1.165, 1.54) is 9.75 Å². The van der Waals surface area contributed by atoms with E-state index in [4.69, 9.17) is 0 Å². The number of anilines is 2. The smallest absolute Gasteiger partial charge is 0.131 e. The quantitative estimate of drug-likeness (QED) is 0.642. The predicted molar refractivity (Wildman–Crippen MR) is 100 cm³/mol. The number of nitrogens with one attached hydrogen (secondary N) is 2. The molecular weight excluding hydrogens is 340 g/mol. The molecule has 126 valence electrons. The van der Waals surface area contributed by atoms with Crippen molar-refractivity contribution >= 4 is 34.3 Å². The highest BCUT2D eigenvalue weighted by molar-refractivity contribution is 7.11. The Morgan fingerprint density at radius 2 is 1.29 bits per heavy atom. The second-order valence-corrected chi connectivity index (χ2v) is 8.01.